The molecular formula is C50H58F2N12O8. The number of rotatable bonds is 18. The van der Waals surface area contributed by atoms with Crippen molar-refractivity contribution in [3.63, 3.8) is 0 Å². The number of carbonyl (C=O) groups is 2. The molecule has 0 radical (unpaired) electrons. The van der Waals surface area contributed by atoms with Gasteiger partial charge in [0.2, 0.25) is 11.8 Å². The van der Waals surface area contributed by atoms with Crippen LogP contribution >= 0.6 is 0 Å². The number of amides is 2. The molecule has 4 aliphatic heterocycles. The predicted octanol–water partition coefficient (Wildman–Crippen LogP) is 2.75. The molecule has 72 heavy (non-hydrogen) atoms. The monoisotopic (exact) mass is 992 g/mol. The number of nitrogens with one attached hydrogen (secondary N) is 4. The van der Waals surface area contributed by atoms with Gasteiger partial charge in [0, 0.05) is 88.8 Å². The first-order valence-electron chi connectivity index (χ1n) is 24.0. The number of aromatic nitrogens is 6. The Kier molecular flexibility index (Phi) is 16.1. The number of ether oxygens (including phenoxy) is 4. The van der Waals surface area contributed by atoms with Gasteiger partial charge in [0.05, 0.1) is 60.1 Å². The van der Waals surface area contributed by atoms with Crippen molar-refractivity contribution in [3.05, 3.63) is 95.1 Å². The fraction of sp³-hybridized carbons (Fsp3) is 0.440. The standard InChI is InChI=1S/2C25H29FN6O4/c2*1-35-23-5-3-20-24(31-23)18(19(26)10-28-20)6-7-32-11-15(16(12-32)13-33)8-27-9-17-2-4-21-25(29-17)30-22(34)14-36-21/h2*2-5,10,15-16,27,33H,6-9,11-14H2,1H3,(H,29,30,34)/t2*15-,16-/m10/s1. The number of anilines is 2. The van der Waals surface area contributed by atoms with E-state index in [-0.39, 0.29) is 73.5 Å². The van der Waals surface area contributed by atoms with Crippen LogP contribution in [0.1, 0.15) is 22.5 Å². The van der Waals surface area contributed by atoms with E-state index in [0.717, 1.165) is 37.6 Å². The van der Waals surface area contributed by atoms with Crippen molar-refractivity contribution in [3.8, 4) is 23.3 Å². The second-order valence-electron chi connectivity index (χ2n) is 18.3. The molecule has 6 aromatic heterocycles. The first-order valence-corrected chi connectivity index (χ1v) is 24.0. The van der Waals surface area contributed by atoms with Crippen LogP contribution in [0.5, 0.6) is 23.3 Å². The third-order valence-corrected chi connectivity index (χ3v) is 13.5. The number of nitrogens with zero attached hydrogens (tertiary/aromatic N) is 8. The van der Waals surface area contributed by atoms with Crippen molar-refractivity contribution in [2.45, 2.75) is 25.9 Å². The molecule has 22 heteroatoms. The van der Waals surface area contributed by atoms with E-state index in [2.05, 4.69) is 61.0 Å². The average molecular weight is 993 g/mol. The van der Waals surface area contributed by atoms with E-state index in [1.54, 1.807) is 36.4 Å². The zero-order valence-electron chi connectivity index (χ0n) is 40.1. The third kappa shape index (κ3) is 11.9. The zero-order chi connectivity index (χ0) is 50.1. The van der Waals surface area contributed by atoms with Gasteiger partial charge in [-0.3, -0.25) is 19.6 Å². The normalized spacial score (nSPS) is 19.7. The largest absolute Gasteiger partial charge is 0.481 e. The summed E-state index contributed by atoms with van der Waals surface area (Å²) in [6.45, 7) is 7.01. The summed E-state index contributed by atoms with van der Waals surface area (Å²) >= 11 is 0. The molecule has 2 fully saturated rings. The van der Waals surface area contributed by atoms with E-state index in [1.807, 2.05) is 12.1 Å². The summed E-state index contributed by atoms with van der Waals surface area (Å²) in [6.07, 6.45) is 3.45. The maximum absolute atomic E-state index is 14.7. The molecule has 4 atom stereocenters. The molecule has 4 aliphatic rings. The van der Waals surface area contributed by atoms with Crippen LogP contribution in [-0.2, 0) is 35.5 Å². The number of methoxy groups -OCH3 is 2. The minimum absolute atomic E-state index is 0.00172. The molecule has 0 spiro atoms. The van der Waals surface area contributed by atoms with Gasteiger partial charge in [-0.1, -0.05) is 0 Å². The Morgan fingerprint density at radius 1 is 0.625 bits per heavy atom. The number of carbonyl (C=O) groups excluding carboxylic acids is 2. The van der Waals surface area contributed by atoms with Crippen molar-refractivity contribution in [2.24, 2.45) is 23.7 Å². The predicted molar refractivity (Wildman–Crippen MR) is 261 cm³/mol. The minimum Gasteiger partial charge on any atom is -0.481 e. The zero-order valence-corrected chi connectivity index (χ0v) is 40.1. The van der Waals surface area contributed by atoms with Crippen LogP contribution in [-0.4, -0.2) is 155 Å². The first kappa shape index (κ1) is 50.1. The lowest BCUT2D eigenvalue weighted by Crippen LogP contribution is -2.30. The highest BCUT2D eigenvalue weighted by molar-refractivity contribution is 5.94. The average Bonchev–Trinajstić information content (AvgIpc) is 4.00. The molecule has 10 rings (SSSR count). The van der Waals surface area contributed by atoms with E-state index < -0.39 is 0 Å². The van der Waals surface area contributed by atoms with Crippen LogP contribution in [0.15, 0.2) is 60.9 Å². The molecule has 0 bridgehead atoms. The van der Waals surface area contributed by atoms with Crippen molar-refractivity contribution in [1.29, 1.82) is 0 Å². The number of aliphatic hydroxyl groups excluding tert-OH is 2. The summed E-state index contributed by atoms with van der Waals surface area (Å²) in [5.74, 6) is 2.41. The van der Waals surface area contributed by atoms with Crippen molar-refractivity contribution in [1.82, 2.24) is 50.3 Å². The van der Waals surface area contributed by atoms with Crippen LogP contribution in [0, 0.1) is 35.3 Å². The number of pyridine rings is 6. The van der Waals surface area contributed by atoms with E-state index in [1.165, 1.54) is 26.6 Å². The van der Waals surface area contributed by atoms with Crippen molar-refractivity contribution in [2.75, 3.05) is 104 Å². The quantitative estimate of drug-likeness (QED) is 0.0725. The third-order valence-electron chi connectivity index (χ3n) is 13.5. The number of halogens is 2. The summed E-state index contributed by atoms with van der Waals surface area (Å²) in [4.78, 5) is 53.6. The van der Waals surface area contributed by atoms with E-state index in [4.69, 9.17) is 18.9 Å². The van der Waals surface area contributed by atoms with Crippen LogP contribution in [0.2, 0.25) is 0 Å². The molecule has 6 N–H and O–H groups in total. The Balaban J connectivity index is 0.000000178. The van der Waals surface area contributed by atoms with Crippen LogP contribution < -0.4 is 40.2 Å². The van der Waals surface area contributed by atoms with Gasteiger partial charge in [-0.25, -0.2) is 28.7 Å². The second-order valence-corrected chi connectivity index (χ2v) is 18.3. The maximum Gasteiger partial charge on any atom is 0.263 e. The molecule has 2 amide bonds. The molecule has 0 aliphatic carbocycles. The van der Waals surface area contributed by atoms with Gasteiger partial charge >= 0.3 is 0 Å². The molecular weight excluding hydrogens is 935 g/mol. The van der Waals surface area contributed by atoms with Gasteiger partial charge in [-0.05, 0) is 86.0 Å². The maximum atomic E-state index is 14.7. The molecule has 2 saturated heterocycles. The summed E-state index contributed by atoms with van der Waals surface area (Å²) in [5.41, 5.74) is 4.92. The van der Waals surface area contributed by atoms with Crippen LogP contribution in [0.4, 0.5) is 20.4 Å². The Hall–Kier alpha value is -6.82. The van der Waals surface area contributed by atoms with Crippen LogP contribution in [0.25, 0.3) is 22.1 Å². The molecule has 10 heterocycles. The van der Waals surface area contributed by atoms with E-state index in [9.17, 15) is 28.6 Å². The van der Waals surface area contributed by atoms with Crippen molar-refractivity contribution < 1.29 is 47.5 Å². The number of aliphatic hydroxyl groups is 2. The number of likely N-dealkylation sites (tertiary alicyclic amines) is 2. The Morgan fingerprint density at radius 3 is 1.47 bits per heavy atom. The molecule has 6 aromatic rings. The van der Waals surface area contributed by atoms with Gasteiger partial charge in [-0.2, -0.15) is 0 Å². The first-order chi connectivity index (χ1) is 35.1. The molecule has 0 unspecified atom stereocenters. The van der Waals surface area contributed by atoms with Gasteiger partial charge in [0.1, 0.15) is 11.6 Å². The highest BCUT2D eigenvalue weighted by Crippen LogP contribution is 2.30. The van der Waals surface area contributed by atoms with Gasteiger partial charge in [-0.15, -0.1) is 0 Å². The SMILES string of the molecule is COc1ccc2ncc(F)c(CCN3C[C@@H](CNCc4ccc5c(n4)NC(=O)CO5)[C@@H](CO)C3)c2n1.COc1ccc2ncc(F)c(CCN3C[C@@H](CO)[C@@H](CNCc4ccc5c(n4)NC(=O)CO5)C3)c2n1. The summed E-state index contributed by atoms with van der Waals surface area (Å²) in [7, 11) is 3.06. The molecule has 380 valence electrons. The highest BCUT2D eigenvalue weighted by Gasteiger charge is 2.33. The topological polar surface area (TPSA) is 243 Å². The Bertz CT molecular complexity index is 2710. The van der Waals surface area contributed by atoms with Gasteiger partial charge in [0.25, 0.3) is 11.8 Å². The van der Waals surface area contributed by atoms with Gasteiger partial charge < -0.3 is 60.2 Å². The summed E-state index contributed by atoms with van der Waals surface area (Å²) in [6, 6.07) is 14.3. The fourth-order valence-electron chi connectivity index (χ4n) is 9.69. The minimum atomic E-state index is -0.376. The highest BCUT2D eigenvalue weighted by atomic mass is 19.1. The Labute approximate surface area is 413 Å². The van der Waals surface area contributed by atoms with Crippen LogP contribution in [0.3, 0.4) is 0 Å². The smallest absolute Gasteiger partial charge is 0.263 e. The lowest BCUT2D eigenvalue weighted by Gasteiger charge is -2.19. The number of hydrogen-bond donors (Lipinski definition) is 6. The van der Waals surface area contributed by atoms with Gasteiger partial charge in [0.15, 0.2) is 36.3 Å². The van der Waals surface area contributed by atoms with E-state index in [0.29, 0.717) is 120 Å². The molecule has 0 saturated carbocycles. The fourth-order valence-corrected chi connectivity index (χ4v) is 9.69. The number of hydrogen-bond acceptors (Lipinski definition) is 18. The van der Waals surface area contributed by atoms with E-state index >= 15 is 0 Å². The van der Waals surface area contributed by atoms with Crippen molar-refractivity contribution >= 4 is 45.5 Å². The lowest BCUT2D eigenvalue weighted by molar-refractivity contribution is -0.119. The Morgan fingerprint density at radius 2 is 1.06 bits per heavy atom. The summed E-state index contributed by atoms with van der Waals surface area (Å²) < 4.78 is 50.4. The molecule has 20 nitrogen and oxygen atoms in total. The number of fused-ring (bicyclic) bond motifs is 4. The lowest BCUT2D eigenvalue weighted by atomic mass is 9.97. The molecule has 0 aromatic carbocycles. The second kappa shape index (κ2) is 23.2. The summed E-state index contributed by atoms with van der Waals surface area (Å²) in [5, 5.41) is 32.2.